The summed E-state index contributed by atoms with van der Waals surface area (Å²) in [6.45, 7) is 6.36. The summed E-state index contributed by atoms with van der Waals surface area (Å²) in [6, 6.07) is 0. The summed E-state index contributed by atoms with van der Waals surface area (Å²) in [5.74, 6) is 5.92. The minimum Gasteiger partial charge on any atom is -0.390 e. The van der Waals surface area contributed by atoms with Gasteiger partial charge in [-0.1, -0.05) is 20.3 Å². The lowest BCUT2D eigenvalue weighted by Crippen LogP contribution is -2.38. The predicted octanol–water partition coefficient (Wildman–Crippen LogP) is 3.12. The van der Waals surface area contributed by atoms with Crippen LogP contribution in [0.3, 0.4) is 0 Å². The van der Waals surface area contributed by atoms with Crippen LogP contribution in [0.5, 0.6) is 0 Å². The Kier molecular flexibility index (Phi) is 3.61. The number of hydrogen-bond acceptors (Lipinski definition) is 1. The molecule has 1 nitrogen and oxygen atoms in total. The Morgan fingerprint density at radius 3 is 2.57 bits per heavy atom. The molecule has 0 radical (unpaired) electrons. The maximum absolute atomic E-state index is 10.4. The molecule has 1 atom stereocenters. The third kappa shape index (κ3) is 3.35. The minimum atomic E-state index is -0.439. The first-order valence-electron chi connectivity index (χ1n) is 5.59. The average molecular weight is 194 g/mol. The van der Waals surface area contributed by atoms with Crippen molar-refractivity contribution in [1.29, 1.82) is 0 Å². The number of hydrogen-bond donors (Lipinski definition) is 1. The van der Waals surface area contributed by atoms with Gasteiger partial charge in [0, 0.05) is 6.42 Å². The summed E-state index contributed by atoms with van der Waals surface area (Å²) in [4.78, 5) is 0. The SMILES string of the molecule is CC#CCCC1(O)CCCC(C)(C)C1. The Balaban J connectivity index is 2.50. The fourth-order valence-electron chi connectivity index (χ4n) is 2.60. The zero-order chi connectivity index (χ0) is 10.7. The summed E-state index contributed by atoms with van der Waals surface area (Å²) in [6.07, 6.45) is 5.98. The van der Waals surface area contributed by atoms with Gasteiger partial charge in [0.05, 0.1) is 5.60 Å². The van der Waals surface area contributed by atoms with Gasteiger partial charge >= 0.3 is 0 Å². The van der Waals surface area contributed by atoms with Crippen LogP contribution < -0.4 is 0 Å². The van der Waals surface area contributed by atoms with Gasteiger partial charge in [-0.05, 0) is 38.0 Å². The van der Waals surface area contributed by atoms with Gasteiger partial charge in [0.15, 0.2) is 0 Å². The Morgan fingerprint density at radius 1 is 1.29 bits per heavy atom. The molecule has 1 fully saturated rings. The van der Waals surface area contributed by atoms with Crippen molar-refractivity contribution >= 4 is 0 Å². The van der Waals surface area contributed by atoms with E-state index in [0.717, 1.165) is 32.1 Å². The molecular formula is C13H22O. The minimum absolute atomic E-state index is 0.312. The molecule has 1 aliphatic rings. The molecule has 14 heavy (non-hydrogen) atoms. The second kappa shape index (κ2) is 4.36. The first-order valence-corrected chi connectivity index (χ1v) is 5.59. The number of aliphatic hydroxyl groups is 1. The summed E-state index contributed by atoms with van der Waals surface area (Å²) >= 11 is 0. The van der Waals surface area contributed by atoms with Crippen molar-refractivity contribution in [3.63, 3.8) is 0 Å². The van der Waals surface area contributed by atoms with Crippen LogP contribution in [0, 0.1) is 17.3 Å². The van der Waals surface area contributed by atoms with E-state index in [9.17, 15) is 5.11 Å². The molecule has 0 amide bonds. The molecule has 0 aromatic rings. The van der Waals surface area contributed by atoms with Crippen molar-refractivity contribution in [3.8, 4) is 11.8 Å². The van der Waals surface area contributed by atoms with Crippen LogP contribution in [0.15, 0.2) is 0 Å². The van der Waals surface area contributed by atoms with E-state index in [2.05, 4.69) is 25.7 Å². The molecule has 0 saturated heterocycles. The zero-order valence-electron chi connectivity index (χ0n) is 9.69. The van der Waals surface area contributed by atoms with Crippen LogP contribution in [0.4, 0.5) is 0 Å². The molecule has 80 valence electrons. The highest BCUT2D eigenvalue weighted by Gasteiger charge is 2.37. The van der Waals surface area contributed by atoms with Crippen LogP contribution in [0.1, 0.15) is 59.3 Å². The Morgan fingerprint density at radius 2 is 2.00 bits per heavy atom. The van der Waals surface area contributed by atoms with Crippen molar-refractivity contribution in [2.45, 2.75) is 64.9 Å². The van der Waals surface area contributed by atoms with Crippen LogP contribution in [-0.4, -0.2) is 10.7 Å². The fourth-order valence-corrected chi connectivity index (χ4v) is 2.60. The van der Waals surface area contributed by atoms with Crippen LogP contribution in [0.2, 0.25) is 0 Å². The summed E-state index contributed by atoms with van der Waals surface area (Å²) in [5, 5.41) is 10.4. The molecule has 1 unspecified atom stereocenters. The molecule has 0 aliphatic heterocycles. The van der Waals surface area contributed by atoms with Crippen molar-refractivity contribution in [2.24, 2.45) is 5.41 Å². The standard InChI is InChI=1S/C13H22O/c1-4-5-6-9-13(14)10-7-8-12(2,3)11-13/h14H,6-11H2,1-3H3. The monoisotopic (exact) mass is 194 g/mol. The molecule has 0 heterocycles. The van der Waals surface area contributed by atoms with Gasteiger partial charge in [-0.25, -0.2) is 0 Å². The van der Waals surface area contributed by atoms with E-state index in [1.165, 1.54) is 6.42 Å². The van der Waals surface area contributed by atoms with E-state index < -0.39 is 5.60 Å². The average Bonchev–Trinajstić information content (AvgIpc) is 2.01. The zero-order valence-corrected chi connectivity index (χ0v) is 9.69. The molecule has 1 saturated carbocycles. The molecule has 0 bridgehead atoms. The van der Waals surface area contributed by atoms with Gasteiger partial charge < -0.3 is 5.11 Å². The first-order chi connectivity index (χ1) is 6.47. The Bertz CT molecular complexity index is 244. The van der Waals surface area contributed by atoms with E-state index in [0.29, 0.717) is 5.41 Å². The second-order valence-corrected chi connectivity index (χ2v) is 5.35. The van der Waals surface area contributed by atoms with Crippen LogP contribution in [0.25, 0.3) is 0 Å². The van der Waals surface area contributed by atoms with Gasteiger partial charge in [-0.2, -0.15) is 0 Å². The lowest BCUT2D eigenvalue weighted by molar-refractivity contribution is -0.0438. The maximum Gasteiger partial charge on any atom is 0.0662 e. The smallest absolute Gasteiger partial charge is 0.0662 e. The topological polar surface area (TPSA) is 20.2 Å². The highest BCUT2D eigenvalue weighted by molar-refractivity contribution is 4.99. The van der Waals surface area contributed by atoms with Gasteiger partial charge in [-0.15, -0.1) is 11.8 Å². The fraction of sp³-hybridized carbons (Fsp3) is 0.846. The second-order valence-electron chi connectivity index (χ2n) is 5.35. The number of rotatable bonds is 2. The molecule has 1 aliphatic carbocycles. The quantitative estimate of drug-likeness (QED) is 0.670. The van der Waals surface area contributed by atoms with Crippen LogP contribution in [-0.2, 0) is 0 Å². The Labute approximate surface area is 87.9 Å². The van der Waals surface area contributed by atoms with Crippen molar-refractivity contribution in [1.82, 2.24) is 0 Å². The van der Waals surface area contributed by atoms with E-state index in [1.54, 1.807) is 0 Å². The van der Waals surface area contributed by atoms with Crippen molar-refractivity contribution in [2.75, 3.05) is 0 Å². The van der Waals surface area contributed by atoms with Gasteiger partial charge in [-0.3, -0.25) is 0 Å². The lowest BCUT2D eigenvalue weighted by atomic mass is 9.68. The molecule has 1 rings (SSSR count). The molecular weight excluding hydrogens is 172 g/mol. The molecule has 0 aromatic carbocycles. The third-order valence-corrected chi connectivity index (χ3v) is 3.20. The Hall–Kier alpha value is -0.480. The van der Waals surface area contributed by atoms with Gasteiger partial charge in [0.1, 0.15) is 0 Å². The first kappa shape index (κ1) is 11.6. The largest absolute Gasteiger partial charge is 0.390 e. The molecule has 1 heteroatoms. The third-order valence-electron chi connectivity index (χ3n) is 3.20. The predicted molar refractivity (Wildman–Crippen MR) is 59.9 cm³/mol. The van der Waals surface area contributed by atoms with Crippen LogP contribution >= 0.6 is 0 Å². The highest BCUT2D eigenvalue weighted by Crippen LogP contribution is 2.42. The molecule has 0 aromatic heterocycles. The summed E-state index contributed by atoms with van der Waals surface area (Å²) in [7, 11) is 0. The van der Waals surface area contributed by atoms with E-state index in [4.69, 9.17) is 0 Å². The maximum atomic E-state index is 10.4. The van der Waals surface area contributed by atoms with E-state index in [-0.39, 0.29) is 0 Å². The van der Waals surface area contributed by atoms with E-state index in [1.807, 2.05) is 6.92 Å². The summed E-state index contributed by atoms with van der Waals surface area (Å²) < 4.78 is 0. The van der Waals surface area contributed by atoms with Gasteiger partial charge in [0.25, 0.3) is 0 Å². The summed E-state index contributed by atoms with van der Waals surface area (Å²) in [5.41, 5.74) is -0.127. The lowest BCUT2D eigenvalue weighted by Gasteiger charge is -2.41. The van der Waals surface area contributed by atoms with Crippen molar-refractivity contribution in [3.05, 3.63) is 0 Å². The van der Waals surface area contributed by atoms with E-state index >= 15 is 0 Å². The molecule has 1 N–H and O–H groups in total. The van der Waals surface area contributed by atoms with Crippen molar-refractivity contribution < 1.29 is 5.11 Å². The normalized spacial score (nSPS) is 30.6. The highest BCUT2D eigenvalue weighted by atomic mass is 16.3. The molecule has 0 spiro atoms. The van der Waals surface area contributed by atoms with Gasteiger partial charge in [0.2, 0.25) is 0 Å².